The number of benzene rings is 2. The molecule has 2 N–H and O–H groups in total. The van der Waals surface area contributed by atoms with Crippen LogP contribution in [0.5, 0.6) is 5.75 Å². The average molecular weight is 377 g/mol. The van der Waals surface area contributed by atoms with Gasteiger partial charge in [-0.3, -0.25) is 10.2 Å². The highest BCUT2D eigenvalue weighted by Crippen LogP contribution is 2.50. The van der Waals surface area contributed by atoms with Crippen LogP contribution in [0, 0.1) is 5.92 Å². The number of nitrogens with zero attached hydrogens (tertiary/aromatic N) is 1. The molecule has 2 aromatic rings. The maximum atomic E-state index is 13.5. The van der Waals surface area contributed by atoms with E-state index in [-0.39, 0.29) is 11.5 Å². The second-order valence-corrected chi connectivity index (χ2v) is 8.30. The Labute approximate surface area is 166 Å². The summed E-state index contributed by atoms with van der Waals surface area (Å²) in [4.78, 5) is 15.6. The van der Waals surface area contributed by atoms with Gasteiger partial charge in [0.05, 0.1) is 18.6 Å². The topological polar surface area (TPSA) is 53.6 Å². The lowest BCUT2D eigenvalue weighted by molar-refractivity contribution is -0.136. The third-order valence-corrected chi connectivity index (χ3v) is 6.76. The number of carbonyl (C=O) groups is 1. The number of hydrazine groups is 1. The molecule has 3 fully saturated rings. The van der Waals surface area contributed by atoms with Crippen molar-refractivity contribution in [2.24, 2.45) is 5.92 Å². The number of likely N-dealkylation sites (tertiary alicyclic amines) is 1. The van der Waals surface area contributed by atoms with Gasteiger partial charge in [0, 0.05) is 25.0 Å². The van der Waals surface area contributed by atoms with Gasteiger partial charge >= 0.3 is 0 Å². The van der Waals surface area contributed by atoms with E-state index in [9.17, 15) is 4.79 Å². The van der Waals surface area contributed by atoms with Crippen molar-refractivity contribution in [1.82, 2.24) is 15.8 Å². The number of nitrogens with one attached hydrogen (secondary N) is 2. The van der Waals surface area contributed by atoms with Gasteiger partial charge in [-0.15, -0.1) is 0 Å². The normalized spacial score (nSPS) is 27.9. The van der Waals surface area contributed by atoms with Crippen LogP contribution in [0.1, 0.15) is 36.4 Å². The molecule has 1 aliphatic carbocycles. The number of rotatable bonds is 4. The van der Waals surface area contributed by atoms with E-state index < -0.39 is 0 Å². The number of hydrogen-bond donors (Lipinski definition) is 2. The maximum absolute atomic E-state index is 13.5. The molecule has 0 aromatic heterocycles. The number of carbonyl (C=O) groups excluding carboxylic acids is 1. The zero-order chi connectivity index (χ0) is 19.1. The Balaban J connectivity index is 1.34. The van der Waals surface area contributed by atoms with E-state index in [1.54, 1.807) is 7.11 Å². The molecule has 1 saturated carbocycles. The van der Waals surface area contributed by atoms with Crippen LogP contribution in [-0.2, 0) is 10.2 Å². The lowest BCUT2D eigenvalue weighted by Crippen LogP contribution is -2.50. The summed E-state index contributed by atoms with van der Waals surface area (Å²) in [7, 11) is 1.67. The Kier molecular flexibility index (Phi) is 4.37. The van der Waals surface area contributed by atoms with Crippen molar-refractivity contribution in [3.63, 3.8) is 0 Å². The van der Waals surface area contributed by atoms with Crippen molar-refractivity contribution < 1.29 is 9.53 Å². The molecule has 0 bridgehead atoms. The third kappa shape index (κ3) is 2.90. The zero-order valence-electron chi connectivity index (χ0n) is 16.2. The average Bonchev–Trinajstić information content (AvgIpc) is 3.47. The summed E-state index contributed by atoms with van der Waals surface area (Å²) in [6.45, 7) is 1.63. The molecule has 5 heteroatoms. The molecule has 2 heterocycles. The fourth-order valence-electron chi connectivity index (χ4n) is 4.94. The first-order chi connectivity index (χ1) is 13.7. The molecular weight excluding hydrogens is 350 g/mol. The van der Waals surface area contributed by atoms with Gasteiger partial charge in [-0.1, -0.05) is 42.5 Å². The number of hydrogen-bond acceptors (Lipinski definition) is 4. The molecule has 5 rings (SSSR count). The molecule has 3 atom stereocenters. The Bertz CT molecular complexity index is 848. The highest BCUT2D eigenvalue weighted by atomic mass is 16.5. The lowest BCUT2D eigenvalue weighted by Gasteiger charge is -2.38. The van der Waals surface area contributed by atoms with E-state index in [0.717, 1.165) is 43.7 Å². The van der Waals surface area contributed by atoms with Crippen LogP contribution in [0.4, 0.5) is 0 Å². The van der Waals surface area contributed by atoms with Crippen LogP contribution in [-0.4, -0.2) is 37.0 Å². The van der Waals surface area contributed by atoms with Crippen LogP contribution in [0.25, 0.3) is 0 Å². The predicted molar refractivity (Wildman–Crippen MR) is 108 cm³/mol. The van der Waals surface area contributed by atoms with Crippen molar-refractivity contribution in [1.29, 1.82) is 0 Å². The summed E-state index contributed by atoms with van der Waals surface area (Å²) < 4.78 is 5.27. The SMILES string of the molecule is COc1ccc(C2(C(=O)N3CCC4NNC(c5ccccc5)C4C3)CC2)cc1. The summed E-state index contributed by atoms with van der Waals surface area (Å²) in [5.41, 5.74) is 9.03. The van der Waals surface area contributed by atoms with Crippen molar-refractivity contribution in [2.45, 2.75) is 36.8 Å². The summed E-state index contributed by atoms with van der Waals surface area (Å²) in [5.74, 6) is 1.53. The maximum Gasteiger partial charge on any atom is 0.233 e. The fraction of sp³-hybridized carbons (Fsp3) is 0.435. The largest absolute Gasteiger partial charge is 0.497 e. The van der Waals surface area contributed by atoms with E-state index in [1.165, 1.54) is 5.56 Å². The summed E-state index contributed by atoms with van der Waals surface area (Å²) in [6, 6.07) is 19.3. The minimum Gasteiger partial charge on any atom is -0.497 e. The smallest absolute Gasteiger partial charge is 0.233 e. The molecule has 3 unspecified atom stereocenters. The molecule has 0 radical (unpaired) electrons. The summed E-state index contributed by atoms with van der Waals surface area (Å²) in [5, 5.41) is 0. The van der Waals surface area contributed by atoms with Crippen LogP contribution in [0.15, 0.2) is 54.6 Å². The highest BCUT2D eigenvalue weighted by Gasteiger charge is 2.54. The van der Waals surface area contributed by atoms with Gasteiger partial charge in [-0.25, -0.2) is 5.43 Å². The van der Waals surface area contributed by atoms with Gasteiger partial charge in [0.15, 0.2) is 0 Å². The molecule has 5 nitrogen and oxygen atoms in total. The van der Waals surface area contributed by atoms with Crippen molar-refractivity contribution in [3.05, 3.63) is 65.7 Å². The predicted octanol–water partition coefficient (Wildman–Crippen LogP) is 2.79. The molecule has 0 spiro atoms. The van der Waals surface area contributed by atoms with Crippen molar-refractivity contribution >= 4 is 5.91 Å². The minimum atomic E-state index is -0.319. The number of amides is 1. The fourth-order valence-corrected chi connectivity index (χ4v) is 4.94. The number of fused-ring (bicyclic) bond motifs is 1. The molecule has 2 saturated heterocycles. The highest BCUT2D eigenvalue weighted by molar-refractivity contribution is 5.91. The Morgan fingerprint density at radius 2 is 1.82 bits per heavy atom. The Morgan fingerprint density at radius 1 is 1.07 bits per heavy atom. The molecule has 3 aliphatic rings. The van der Waals surface area contributed by atoms with Gasteiger partial charge in [0.25, 0.3) is 0 Å². The van der Waals surface area contributed by atoms with E-state index in [1.807, 2.05) is 18.2 Å². The lowest BCUT2D eigenvalue weighted by atomic mass is 9.84. The van der Waals surface area contributed by atoms with Gasteiger partial charge in [-0.2, -0.15) is 0 Å². The van der Waals surface area contributed by atoms with Gasteiger partial charge in [-0.05, 0) is 42.5 Å². The van der Waals surface area contributed by atoms with E-state index in [0.29, 0.717) is 17.9 Å². The van der Waals surface area contributed by atoms with E-state index in [2.05, 4.69) is 52.1 Å². The standard InChI is InChI=1S/C23H27N3O2/c1-28-18-9-7-17(8-10-18)23(12-13-23)22(27)26-14-11-20-19(15-26)21(25-24-20)16-5-3-2-4-6-16/h2-10,19-21,24-25H,11-15H2,1H3. The van der Waals surface area contributed by atoms with Crippen LogP contribution in [0.3, 0.4) is 0 Å². The number of piperidine rings is 1. The minimum absolute atomic E-state index is 0.248. The first-order valence-corrected chi connectivity index (χ1v) is 10.2. The molecule has 28 heavy (non-hydrogen) atoms. The second kappa shape index (κ2) is 6.90. The molecule has 2 aromatic carbocycles. The summed E-state index contributed by atoms with van der Waals surface area (Å²) >= 11 is 0. The number of ether oxygens (including phenoxy) is 1. The van der Waals surface area contributed by atoms with Crippen molar-refractivity contribution in [2.75, 3.05) is 20.2 Å². The van der Waals surface area contributed by atoms with Gasteiger partial charge in [0.1, 0.15) is 5.75 Å². The molecule has 2 aliphatic heterocycles. The monoisotopic (exact) mass is 377 g/mol. The van der Waals surface area contributed by atoms with Crippen LogP contribution in [0.2, 0.25) is 0 Å². The van der Waals surface area contributed by atoms with E-state index >= 15 is 0 Å². The first-order valence-electron chi connectivity index (χ1n) is 10.2. The molecular formula is C23H27N3O2. The Hall–Kier alpha value is -2.37. The van der Waals surface area contributed by atoms with E-state index in [4.69, 9.17) is 4.74 Å². The van der Waals surface area contributed by atoms with Crippen molar-refractivity contribution in [3.8, 4) is 5.75 Å². The Morgan fingerprint density at radius 3 is 2.50 bits per heavy atom. The van der Waals surface area contributed by atoms with Gasteiger partial charge in [0.2, 0.25) is 5.91 Å². The van der Waals surface area contributed by atoms with Gasteiger partial charge < -0.3 is 9.64 Å². The second-order valence-electron chi connectivity index (χ2n) is 8.30. The summed E-state index contributed by atoms with van der Waals surface area (Å²) in [6.07, 6.45) is 2.88. The number of methoxy groups -OCH3 is 1. The molecule has 1 amide bonds. The first kappa shape index (κ1) is 17.7. The van der Waals surface area contributed by atoms with Crippen LogP contribution >= 0.6 is 0 Å². The zero-order valence-corrected chi connectivity index (χ0v) is 16.2. The molecule has 146 valence electrons. The quantitative estimate of drug-likeness (QED) is 0.860. The van der Waals surface area contributed by atoms with Crippen LogP contribution < -0.4 is 15.6 Å². The third-order valence-electron chi connectivity index (χ3n) is 6.76.